The van der Waals surface area contributed by atoms with Crippen LogP contribution in [0, 0.1) is 6.92 Å². The zero-order valence-corrected chi connectivity index (χ0v) is 17.3. The lowest BCUT2D eigenvalue weighted by atomic mass is 10.2. The number of hydrogen-bond donors (Lipinski definition) is 1. The molecule has 1 fully saturated rings. The summed E-state index contributed by atoms with van der Waals surface area (Å²) in [5.41, 5.74) is 2.40. The third-order valence-corrected chi connectivity index (χ3v) is 4.93. The molecule has 1 heterocycles. The maximum atomic E-state index is 12.6. The SMILES string of the molecule is Cc1cccc(NC(=O)CN2C(=O)S/C(=C/c3ccc(OC(C)C)cc3)C2=O)c1. The Kier molecular flexibility index (Phi) is 6.39. The van der Waals surface area contributed by atoms with Crippen LogP contribution in [-0.4, -0.2) is 34.6 Å². The highest BCUT2D eigenvalue weighted by Gasteiger charge is 2.36. The van der Waals surface area contributed by atoms with Crippen molar-refractivity contribution in [3.05, 3.63) is 64.6 Å². The summed E-state index contributed by atoms with van der Waals surface area (Å²) < 4.78 is 5.59. The van der Waals surface area contributed by atoms with Gasteiger partial charge in [-0.1, -0.05) is 24.3 Å². The van der Waals surface area contributed by atoms with Crippen LogP contribution >= 0.6 is 11.8 Å². The largest absolute Gasteiger partial charge is 0.491 e. The van der Waals surface area contributed by atoms with Gasteiger partial charge in [0.05, 0.1) is 11.0 Å². The molecule has 3 amide bonds. The third kappa shape index (κ3) is 5.48. The van der Waals surface area contributed by atoms with Crippen molar-refractivity contribution in [3.63, 3.8) is 0 Å². The molecule has 29 heavy (non-hydrogen) atoms. The standard InChI is InChI=1S/C22H22N2O4S/c1-14(2)28-18-9-7-16(8-10-18)12-19-21(26)24(22(27)29-19)13-20(25)23-17-6-4-5-15(3)11-17/h4-12,14H,13H2,1-3H3,(H,23,25)/b19-12+. The van der Waals surface area contributed by atoms with Crippen molar-refractivity contribution < 1.29 is 19.1 Å². The van der Waals surface area contributed by atoms with E-state index in [1.807, 2.05) is 63.2 Å². The van der Waals surface area contributed by atoms with Crippen molar-refractivity contribution in [2.24, 2.45) is 0 Å². The number of rotatable bonds is 6. The van der Waals surface area contributed by atoms with Crippen molar-refractivity contribution in [3.8, 4) is 5.75 Å². The number of imide groups is 1. The van der Waals surface area contributed by atoms with Gasteiger partial charge in [-0.15, -0.1) is 0 Å². The van der Waals surface area contributed by atoms with Gasteiger partial charge >= 0.3 is 0 Å². The molecule has 0 atom stereocenters. The normalized spacial score (nSPS) is 15.3. The van der Waals surface area contributed by atoms with Crippen LogP contribution in [0.5, 0.6) is 5.75 Å². The first-order chi connectivity index (χ1) is 13.8. The first kappa shape index (κ1) is 20.7. The van der Waals surface area contributed by atoms with Crippen LogP contribution in [0.4, 0.5) is 10.5 Å². The lowest BCUT2D eigenvalue weighted by molar-refractivity contribution is -0.127. The number of ether oxygens (including phenoxy) is 1. The maximum Gasteiger partial charge on any atom is 0.294 e. The minimum Gasteiger partial charge on any atom is -0.491 e. The van der Waals surface area contributed by atoms with E-state index >= 15 is 0 Å². The number of aryl methyl sites for hydroxylation is 1. The van der Waals surface area contributed by atoms with Gasteiger partial charge in [-0.2, -0.15) is 0 Å². The Labute approximate surface area is 173 Å². The van der Waals surface area contributed by atoms with E-state index in [1.165, 1.54) is 0 Å². The molecular weight excluding hydrogens is 388 g/mol. The maximum absolute atomic E-state index is 12.6. The Morgan fingerprint density at radius 3 is 2.55 bits per heavy atom. The van der Waals surface area contributed by atoms with Gasteiger partial charge in [-0.05, 0) is 74.0 Å². The van der Waals surface area contributed by atoms with E-state index in [-0.39, 0.29) is 17.6 Å². The highest BCUT2D eigenvalue weighted by molar-refractivity contribution is 8.18. The fourth-order valence-corrected chi connectivity index (χ4v) is 3.61. The summed E-state index contributed by atoms with van der Waals surface area (Å²) in [6.07, 6.45) is 1.71. The van der Waals surface area contributed by atoms with Gasteiger partial charge in [0, 0.05) is 5.69 Å². The van der Waals surface area contributed by atoms with Crippen molar-refractivity contribution in [1.82, 2.24) is 4.90 Å². The Morgan fingerprint density at radius 1 is 1.17 bits per heavy atom. The topological polar surface area (TPSA) is 75.7 Å². The van der Waals surface area contributed by atoms with Crippen molar-refractivity contribution in [1.29, 1.82) is 0 Å². The minimum atomic E-state index is -0.470. The average molecular weight is 410 g/mol. The average Bonchev–Trinajstić information content (AvgIpc) is 2.90. The monoisotopic (exact) mass is 410 g/mol. The van der Waals surface area contributed by atoms with Gasteiger partial charge in [-0.3, -0.25) is 19.3 Å². The summed E-state index contributed by atoms with van der Waals surface area (Å²) in [6.45, 7) is 5.48. The van der Waals surface area contributed by atoms with Crippen LogP contribution in [0.2, 0.25) is 0 Å². The molecule has 0 unspecified atom stereocenters. The highest BCUT2D eigenvalue weighted by atomic mass is 32.2. The number of carbonyl (C=O) groups is 3. The van der Waals surface area contributed by atoms with Crippen LogP contribution in [0.25, 0.3) is 6.08 Å². The van der Waals surface area contributed by atoms with E-state index < -0.39 is 17.1 Å². The molecular formula is C22H22N2O4S. The molecule has 6 nitrogen and oxygen atoms in total. The lowest BCUT2D eigenvalue weighted by Gasteiger charge is -2.12. The zero-order valence-electron chi connectivity index (χ0n) is 16.5. The van der Waals surface area contributed by atoms with Crippen molar-refractivity contribution >= 4 is 40.6 Å². The molecule has 3 rings (SSSR count). The van der Waals surface area contributed by atoms with Gasteiger partial charge in [0.2, 0.25) is 5.91 Å². The highest BCUT2D eigenvalue weighted by Crippen LogP contribution is 2.32. The summed E-state index contributed by atoms with van der Waals surface area (Å²) in [4.78, 5) is 38.3. The molecule has 1 N–H and O–H groups in total. The van der Waals surface area contributed by atoms with Gasteiger partial charge in [0.25, 0.3) is 11.1 Å². The first-order valence-corrected chi connectivity index (χ1v) is 10.0. The van der Waals surface area contributed by atoms with E-state index in [2.05, 4.69) is 5.32 Å². The van der Waals surface area contributed by atoms with Crippen molar-refractivity contribution in [2.75, 3.05) is 11.9 Å². The molecule has 2 aromatic rings. The number of thioether (sulfide) groups is 1. The summed E-state index contributed by atoms with van der Waals surface area (Å²) in [5, 5.41) is 2.25. The predicted octanol–water partition coefficient (Wildman–Crippen LogP) is 4.46. The second kappa shape index (κ2) is 8.96. The summed E-state index contributed by atoms with van der Waals surface area (Å²) in [7, 11) is 0. The summed E-state index contributed by atoms with van der Waals surface area (Å²) in [5.74, 6) is -0.158. The van der Waals surface area contributed by atoms with E-state index in [9.17, 15) is 14.4 Å². The number of nitrogens with one attached hydrogen (secondary N) is 1. The number of nitrogens with zero attached hydrogens (tertiary/aromatic N) is 1. The molecule has 2 aromatic carbocycles. The van der Waals surface area contributed by atoms with Crippen LogP contribution in [0.1, 0.15) is 25.0 Å². The molecule has 1 aliphatic heterocycles. The van der Waals surface area contributed by atoms with Crippen molar-refractivity contribution in [2.45, 2.75) is 26.9 Å². The van der Waals surface area contributed by atoms with Gasteiger partial charge in [0.1, 0.15) is 12.3 Å². The Morgan fingerprint density at radius 2 is 1.90 bits per heavy atom. The third-order valence-electron chi connectivity index (χ3n) is 4.03. The van der Waals surface area contributed by atoms with Gasteiger partial charge < -0.3 is 10.1 Å². The quantitative estimate of drug-likeness (QED) is 0.712. The summed E-state index contributed by atoms with van der Waals surface area (Å²) >= 11 is 0.830. The molecule has 0 bridgehead atoms. The molecule has 1 aliphatic rings. The lowest BCUT2D eigenvalue weighted by Crippen LogP contribution is -2.36. The van der Waals surface area contributed by atoms with E-state index in [0.717, 1.165) is 33.5 Å². The number of benzene rings is 2. The van der Waals surface area contributed by atoms with E-state index in [0.29, 0.717) is 5.69 Å². The number of hydrogen-bond acceptors (Lipinski definition) is 5. The van der Waals surface area contributed by atoms with Gasteiger partial charge in [0.15, 0.2) is 0 Å². The number of amides is 3. The van der Waals surface area contributed by atoms with Crippen LogP contribution in [0.3, 0.4) is 0 Å². The molecule has 150 valence electrons. The molecule has 0 spiro atoms. The van der Waals surface area contributed by atoms with Gasteiger partial charge in [-0.25, -0.2) is 0 Å². The fraction of sp³-hybridized carbons (Fsp3) is 0.227. The molecule has 0 aromatic heterocycles. The van der Waals surface area contributed by atoms with E-state index in [1.54, 1.807) is 12.1 Å². The first-order valence-electron chi connectivity index (χ1n) is 9.20. The number of anilines is 1. The molecule has 0 radical (unpaired) electrons. The van der Waals surface area contributed by atoms with Crippen LogP contribution in [0.15, 0.2) is 53.4 Å². The fourth-order valence-electron chi connectivity index (χ4n) is 2.77. The molecule has 0 aliphatic carbocycles. The van der Waals surface area contributed by atoms with Crippen LogP contribution in [-0.2, 0) is 9.59 Å². The minimum absolute atomic E-state index is 0.0725. The van der Waals surface area contributed by atoms with E-state index in [4.69, 9.17) is 4.74 Å². The Hall–Kier alpha value is -3.06. The second-order valence-electron chi connectivity index (χ2n) is 6.92. The molecule has 7 heteroatoms. The summed E-state index contributed by atoms with van der Waals surface area (Å²) in [6, 6.07) is 14.6. The Bertz CT molecular complexity index is 967. The molecule has 0 saturated carbocycles. The smallest absolute Gasteiger partial charge is 0.294 e. The second-order valence-corrected chi connectivity index (χ2v) is 7.91. The number of carbonyl (C=O) groups excluding carboxylic acids is 3. The Balaban J connectivity index is 1.65. The zero-order chi connectivity index (χ0) is 21.0. The molecule has 1 saturated heterocycles. The predicted molar refractivity (Wildman–Crippen MR) is 115 cm³/mol. The van der Waals surface area contributed by atoms with Crippen LogP contribution < -0.4 is 10.1 Å².